The summed E-state index contributed by atoms with van der Waals surface area (Å²) in [7, 11) is 1.31. The van der Waals surface area contributed by atoms with Crippen LogP contribution in [0.15, 0.2) is 11.6 Å². The first kappa shape index (κ1) is 16.5. The summed E-state index contributed by atoms with van der Waals surface area (Å²) in [6.45, 7) is -0.308. The molecule has 2 rings (SSSR count). The average molecular weight is 332 g/mol. The van der Waals surface area contributed by atoms with Gasteiger partial charge in [0.05, 0.1) is 0 Å². The van der Waals surface area contributed by atoms with Crippen molar-refractivity contribution in [1.82, 2.24) is 4.37 Å². The van der Waals surface area contributed by atoms with Gasteiger partial charge in [-0.3, -0.25) is 4.79 Å². The maximum absolute atomic E-state index is 12.7. The van der Waals surface area contributed by atoms with Gasteiger partial charge in [0, 0.05) is 13.0 Å². The topological polar surface area (TPSA) is 72.2 Å². The second-order valence-corrected chi connectivity index (χ2v) is 5.38. The number of rotatable bonds is 6. The van der Waals surface area contributed by atoms with E-state index in [1.165, 1.54) is 7.11 Å². The fourth-order valence-corrected chi connectivity index (χ4v) is 2.28. The molecule has 0 saturated heterocycles. The van der Waals surface area contributed by atoms with Gasteiger partial charge < -0.3 is 9.47 Å². The Morgan fingerprint density at radius 3 is 2.68 bits per heavy atom. The van der Waals surface area contributed by atoms with Gasteiger partial charge in [-0.05, 0) is 30.4 Å². The summed E-state index contributed by atoms with van der Waals surface area (Å²) in [5.74, 6) is -0.973. The monoisotopic (exact) mass is 332 g/mol. The van der Waals surface area contributed by atoms with Crippen LogP contribution < -0.4 is 0 Å². The van der Waals surface area contributed by atoms with E-state index in [2.05, 4.69) is 4.37 Å². The van der Waals surface area contributed by atoms with Crippen LogP contribution in [0.2, 0.25) is 0 Å². The number of alkyl halides is 3. The largest absolute Gasteiger partial charge is 0.464 e. The fourth-order valence-electron chi connectivity index (χ4n) is 1.68. The lowest BCUT2D eigenvalue weighted by atomic mass is 10.1. The summed E-state index contributed by atoms with van der Waals surface area (Å²) < 4.78 is 51.4. The molecule has 9 heteroatoms. The maximum Gasteiger partial charge on any atom is 0.427 e. The molecule has 0 N–H and O–H groups in total. The summed E-state index contributed by atoms with van der Waals surface area (Å²) in [6, 6.07) is 2.47. The van der Waals surface area contributed by atoms with Gasteiger partial charge in [-0.1, -0.05) is 0 Å². The summed E-state index contributed by atoms with van der Waals surface area (Å²) in [5, 5.41) is 9.17. The SMILES string of the molecule is COCOC(=C(C#N)C(=O)C1CC1)c1cc(C(F)(F)F)sn1. The zero-order chi connectivity index (χ0) is 16.3. The molecule has 0 unspecified atom stereocenters. The molecule has 5 nitrogen and oxygen atoms in total. The minimum Gasteiger partial charge on any atom is -0.464 e. The van der Waals surface area contributed by atoms with Crippen molar-refractivity contribution in [3.63, 3.8) is 0 Å². The molecule has 0 atom stereocenters. The van der Waals surface area contributed by atoms with E-state index in [-0.39, 0.29) is 41.3 Å². The number of hydrogen-bond acceptors (Lipinski definition) is 6. The summed E-state index contributed by atoms with van der Waals surface area (Å²) >= 11 is 0.231. The third kappa shape index (κ3) is 3.64. The van der Waals surface area contributed by atoms with Crippen molar-refractivity contribution in [2.75, 3.05) is 13.9 Å². The number of ether oxygens (including phenoxy) is 2. The molecule has 0 amide bonds. The molecule has 0 aromatic carbocycles. The number of aromatic nitrogens is 1. The molecular weight excluding hydrogens is 321 g/mol. The molecule has 0 bridgehead atoms. The normalized spacial score (nSPS) is 16.0. The van der Waals surface area contributed by atoms with Crippen molar-refractivity contribution in [1.29, 1.82) is 5.26 Å². The van der Waals surface area contributed by atoms with Gasteiger partial charge in [-0.25, -0.2) is 0 Å². The predicted octanol–water partition coefficient (Wildman–Crippen LogP) is 3.00. The average Bonchev–Trinajstić information content (AvgIpc) is 3.18. The zero-order valence-electron chi connectivity index (χ0n) is 11.4. The Hall–Kier alpha value is -1.92. The number of ketones is 1. The zero-order valence-corrected chi connectivity index (χ0v) is 12.3. The molecular formula is C13H11F3N2O3S. The number of carbonyl (C=O) groups excluding carboxylic acids is 1. The highest BCUT2D eigenvalue weighted by molar-refractivity contribution is 7.06. The molecule has 1 saturated carbocycles. The van der Waals surface area contributed by atoms with Crippen molar-refractivity contribution in [2.45, 2.75) is 19.0 Å². The van der Waals surface area contributed by atoms with Crippen LogP contribution in [0.3, 0.4) is 0 Å². The second kappa shape index (κ2) is 6.46. The van der Waals surface area contributed by atoms with Crippen LogP contribution in [0.25, 0.3) is 5.76 Å². The van der Waals surface area contributed by atoms with Gasteiger partial charge in [0.25, 0.3) is 0 Å². The highest BCUT2D eigenvalue weighted by Gasteiger charge is 2.37. The van der Waals surface area contributed by atoms with Crippen LogP contribution >= 0.6 is 11.5 Å². The van der Waals surface area contributed by atoms with Crippen LogP contribution in [0.4, 0.5) is 13.2 Å². The van der Waals surface area contributed by atoms with Gasteiger partial charge in [0.2, 0.25) is 0 Å². The minimum absolute atomic E-state index is 0.195. The quantitative estimate of drug-likeness (QED) is 0.346. The Labute approximate surface area is 128 Å². The van der Waals surface area contributed by atoms with Crippen molar-refractivity contribution in [3.05, 3.63) is 22.2 Å². The van der Waals surface area contributed by atoms with Gasteiger partial charge in [0.1, 0.15) is 22.2 Å². The molecule has 1 aromatic heterocycles. The van der Waals surface area contributed by atoms with Gasteiger partial charge in [0.15, 0.2) is 18.3 Å². The molecule has 22 heavy (non-hydrogen) atoms. The van der Waals surface area contributed by atoms with E-state index in [1.807, 2.05) is 0 Å². The summed E-state index contributed by atoms with van der Waals surface area (Å²) in [6.07, 6.45) is -3.23. The number of allylic oxidation sites excluding steroid dienone is 1. The number of hydrogen-bond donors (Lipinski definition) is 0. The molecule has 0 aliphatic heterocycles. The summed E-state index contributed by atoms with van der Waals surface area (Å²) in [5.41, 5.74) is -0.515. The Kier molecular flexibility index (Phi) is 4.83. The second-order valence-electron chi connectivity index (χ2n) is 4.58. The Bertz CT molecular complexity index is 642. The van der Waals surface area contributed by atoms with E-state index >= 15 is 0 Å². The summed E-state index contributed by atoms with van der Waals surface area (Å²) in [4.78, 5) is 11.1. The number of nitriles is 1. The van der Waals surface area contributed by atoms with Crippen LogP contribution in [-0.4, -0.2) is 24.1 Å². The van der Waals surface area contributed by atoms with E-state index in [9.17, 15) is 23.2 Å². The third-order valence-corrected chi connectivity index (χ3v) is 3.71. The van der Waals surface area contributed by atoms with Crippen LogP contribution in [0, 0.1) is 17.2 Å². The first-order valence-electron chi connectivity index (χ1n) is 6.23. The molecule has 0 spiro atoms. The molecule has 1 fully saturated rings. The molecule has 1 heterocycles. The minimum atomic E-state index is -4.55. The number of halogens is 3. The lowest BCUT2D eigenvalue weighted by Gasteiger charge is -2.09. The standard InChI is InChI=1S/C13H11F3N2O3S/c1-20-6-21-12(8(5-17)11(19)7-2-3-7)9-4-10(22-18-9)13(14,15)16/h4,7H,2-3,6H2,1H3. The molecule has 0 radical (unpaired) electrons. The van der Waals surface area contributed by atoms with Crippen LogP contribution in [0.5, 0.6) is 0 Å². The van der Waals surface area contributed by atoms with Crippen molar-refractivity contribution in [3.8, 4) is 6.07 Å². The number of methoxy groups -OCH3 is 1. The molecule has 1 aliphatic carbocycles. The highest BCUT2D eigenvalue weighted by atomic mass is 32.1. The Balaban J connectivity index is 2.42. The molecule has 1 aliphatic rings. The molecule has 1 aromatic rings. The van der Waals surface area contributed by atoms with Crippen molar-refractivity contribution in [2.24, 2.45) is 5.92 Å². The smallest absolute Gasteiger partial charge is 0.427 e. The van der Waals surface area contributed by atoms with Gasteiger partial charge in [-0.15, -0.1) is 0 Å². The number of carbonyl (C=O) groups is 1. The molecule has 118 valence electrons. The first-order valence-corrected chi connectivity index (χ1v) is 7.00. The van der Waals surface area contributed by atoms with Gasteiger partial charge in [-0.2, -0.15) is 22.8 Å². The Morgan fingerprint density at radius 1 is 1.55 bits per heavy atom. The van der Waals surface area contributed by atoms with E-state index in [0.29, 0.717) is 12.8 Å². The van der Waals surface area contributed by atoms with E-state index < -0.39 is 16.8 Å². The van der Waals surface area contributed by atoms with Crippen molar-refractivity contribution >= 4 is 23.1 Å². The predicted molar refractivity (Wildman–Crippen MR) is 70.3 cm³/mol. The lowest BCUT2D eigenvalue weighted by molar-refractivity contribution is -0.134. The first-order chi connectivity index (χ1) is 10.4. The number of Topliss-reactive ketones (excluding diaryl/α,β-unsaturated/α-hetero) is 1. The Morgan fingerprint density at radius 2 is 2.23 bits per heavy atom. The van der Waals surface area contributed by atoms with Crippen LogP contribution in [-0.2, 0) is 20.4 Å². The highest BCUT2D eigenvalue weighted by Crippen LogP contribution is 2.37. The third-order valence-electron chi connectivity index (χ3n) is 2.88. The maximum atomic E-state index is 12.7. The van der Waals surface area contributed by atoms with E-state index in [4.69, 9.17) is 9.47 Å². The lowest BCUT2D eigenvalue weighted by Crippen LogP contribution is -2.09. The van der Waals surface area contributed by atoms with Crippen molar-refractivity contribution < 1.29 is 27.4 Å². The fraction of sp³-hybridized carbons (Fsp3) is 0.462. The van der Waals surface area contributed by atoms with E-state index in [0.717, 1.165) is 6.07 Å². The van der Waals surface area contributed by atoms with E-state index in [1.54, 1.807) is 6.07 Å². The van der Waals surface area contributed by atoms with Crippen LogP contribution in [0.1, 0.15) is 23.4 Å². The number of nitrogens with zero attached hydrogens (tertiary/aromatic N) is 2. The van der Waals surface area contributed by atoms with Gasteiger partial charge >= 0.3 is 6.18 Å².